The number of nitrogens with two attached hydrogens (primary N) is 1. The van der Waals surface area contributed by atoms with Crippen LogP contribution in [0.1, 0.15) is 5.56 Å². The van der Waals surface area contributed by atoms with Crippen LogP contribution in [0, 0.1) is 6.92 Å². The zero-order valence-electron chi connectivity index (χ0n) is 11.8. The van der Waals surface area contributed by atoms with Gasteiger partial charge in [0.25, 0.3) is 0 Å². The number of hydrogen-bond donors (Lipinski definition) is 1. The lowest BCUT2D eigenvalue weighted by molar-refractivity contribution is 0.782. The Morgan fingerprint density at radius 3 is 2.67 bits per heavy atom. The second-order valence-electron chi connectivity index (χ2n) is 4.96. The average Bonchev–Trinajstić information content (AvgIpc) is 2.76. The van der Waals surface area contributed by atoms with Crippen molar-refractivity contribution in [1.82, 2.24) is 14.8 Å². The van der Waals surface area contributed by atoms with Crippen LogP contribution in [-0.2, 0) is 7.05 Å². The second-order valence-corrected chi connectivity index (χ2v) is 5.82. The van der Waals surface area contributed by atoms with Crippen LogP contribution < -0.4 is 5.73 Å². The Hall–Kier alpha value is -2.14. The fraction of sp³-hybridized carbons (Fsp3) is 0.125. The number of halogens is 1. The summed E-state index contributed by atoms with van der Waals surface area (Å²) in [5.74, 6) is 0.637. The summed E-state index contributed by atoms with van der Waals surface area (Å²) in [5, 5.41) is 4.57. The van der Waals surface area contributed by atoms with Crippen LogP contribution in [0.3, 0.4) is 0 Å². The molecule has 3 rings (SSSR count). The van der Waals surface area contributed by atoms with E-state index in [1.54, 1.807) is 4.68 Å². The molecule has 0 saturated heterocycles. The highest BCUT2D eigenvalue weighted by Crippen LogP contribution is 2.39. The van der Waals surface area contributed by atoms with Crippen LogP contribution in [0.2, 0.25) is 0 Å². The molecular weight excluding hydrogens is 328 g/mol. The van der Waals surface area contributed by atoms with Gasteiger partial charge in [-0.2, -0.15) is 5.10 Å². The summed E-state index contributed by atoms with van der Waals surface area (Å²) < 4.78 is 2.69. The van der Waals surface area contributed by atoms with E-state index in [2.05, 4.69) is 32.1 Å². The highest BCUT2D eigenvalue weighted by Gasteiger charge is 2.19. The van der Waals surface area contributed by atoms with Gasteiger partial charge < -0.3 is 5.73 Å². The third-order valence-corrected chi connectivity index (χ3v) is 4.07. The van der Waals surface area contributed by atoms with Crippen LogP contribution in [0.4, 0.5) is 5.82 Å². The molecule has 1 aromatic carbocycles. The van der Waals surface area contributed by atoms with Gasteiger partial charge in [0.2, 0.25) is 0 Å². The normalized spacial score (nSPS) is 10.8. The first-order valence-corrected chi connectivity index (χ1v) is 7.36. The summed E-state index contributed by atoms with van der Waals surface area (Å²) in [5.41, 5.74) is 11.1. The fourth-order valence-corrected chi connectivity index (χ4v) is 2.84. The summed E-state index contributed by atoms with van der Waals surface area (Å²) in [6, 6.07) is 10.1. The number of anilines is 1. The summed E-state index contributed by atoms with van der Waals surface area (Å²) in [4.78, 5) is 4.25. The predicted octanol–water partition coefficient (Wildman–Crippen LogP) is 3.80. The predicted molar refractivity (Wildman–Crippen MR) is 88.7 cm³/mol. The minimum absolute atomic E-state index is 0.637. The average molecular weight is 343 g/mol. The van der Waals surface area contributed by atoms with Crippen molar-refractivity contribution in [2.45, 2.75) is 6.92 Å². The summed E-state index contributed by atoms with van der Waals surface area (Å²) in [7, 11) is 1.85. The van der Waals surface area contributed by atoms with Crippen molar-refractivity contribution in [2.24, 2.45) is 7.05 Å². The Morgan fingerprint density at radius 1 is 1.19 bits per heavy atom. The Labute approximate surface area is 131 Å². The molecule has 0 bridgehead atoms. The molecule has 0 radical (unpaired) electrons. The maximum atomic E-state index is 6.24. The van der Waals surface area contributed by atoms with Gasteiger partial charge >= 0.3 is 0 Å². The molecule has 0 aliphatic heterocycles. The third-order valence-electron chi connectivity index (χ3n) is 3.38. The van der Waals surface area contributed by atoms with Crippen LogP contribution in [0.15, 0.2) is 47.2 Å². The zero-order valence-corrected chi connectivity index (χ0v) is 13.4. The number of aryl methyl sites for hydroxylation is 2. The molecule has 2 N–H and O–H groups in total. The largest absolute Gasteiger partial charge is 0.383 e. The number of pyridine rings is 1. The molecule has 5 heteroatoms. The third kappa shape index (κ3) is 2.45. The SMILES string of the molecule is Cc1cncc(-c2nn(C)c(N)c2-c2ccccc2Br)c1. The number of benzene rings is 1. The zero-order chi connectivity index (χ0) is 15.0. The molecule has 21 heavy (non-hydrogen) atoms. The van der Waals surface area contributed by atoms with E-state index in [1.165, 1.54) is 0 Å². The molecular formula is C16H15BrN4. The maximum absolute atomic E-state index is 6.24. The molecule has 0 amide bonds. The number of nitrogens with zero attached hydrogens (tertiary/aromatic N) is 3. The van der Waals surface area contributed by atoms with Gasteiger partial charge in [-0.25, -0.2) is 0 Å². The van der Waals surface area contributed by atoms with Crippen molar-refractivity contribution in [3.63, 3.8) is 0 Å². The molecule has 0 unspecified atom stereocenters. The van der Waals surface area contributed by atoms with Crippen molar-refractivity contribution < 1.29 is 0 Å². The number of rotatable bonds is 2. The molecule has 0 atom stereocenters. The summed E-state index contributed by atoms with van der Waals surface area (Å²) in [6.07, 6.45) is 3.64. The van der Waals surface area contributed by atoms with Gasteiger partial charge in [0.15, 0.2) is 0 Å². The number of aromatic nitrogens is 3. The molecule has 0 saturated carbocycles. The lowest BCUT2D eigenvalue weighted by Gasteiger charge is -2.07. The van der Waals surface area contributed by atoms with E-state index >= 15 is 0 Å². The van der Waals surface area contributed by atoms with E-state index in [0.29, 0.717) is 5.82 Å². The quantitative estimate of drug-likeness (QED) is 0.770. The van der Waals surface area contributed by atoms with E-state index in [4.69, 9.17) is 5.73 Å². The topological polar surface area (TPSA) is 56.7 Å². The van der Waals surface area contributed by atoms with E-state index in [9.17, 15) is 0 Å². The smallest absolute Gasteiger partial charge is 0.129 e. The Morgan fingerprint density at radius 2 is 1.95 bits per heavy atom. The molecule has 0 fully saturated rings. The highest BCUT2D eigenvalue weighted by molar-refractivity contribution is 9.10. The first kappa shape index (κ1) is 13.8. The minimum atomic E-state index is 0.637. The number of hydrogen-bond acceptors (Lipinski definition) is 3. The first-order chi connectivity index (χ1) is 10.1. The van der Waals surface area contributed by atoms with Gasteiger partial charge in [-0.15, -0.1) is 0 Å². The van der Waals surface area contributed by atoms with Crippen LogP contribution in [0.25, 0.3) is 22.4 Å². The van der Waals surface area contributed by atoms with Crippen molar-refractivity contribution in [3.05, 3.63) is 52.8 Å². The van der Waals surface area contributed by atoms with E-state index in [1.807, 2.05) is 50.6 Å². The monoisotopic (exact) mass is 342 g/mol. The molecule has 2 aromatic heterocycles. The van der Waals surface area contributed by atoms with Gasteiger partial charge in [-0.3, -0.25) is 9.67 Å². The minimum Gasteiger partial charge on any atom is -0.383 e. The molecule has 106 valence electrons. The van der Waals surface area contributed by atoms with Crippen LogP contribution in [-0.4, -0.2) is 14.8 Å². The first-order valence-electron chi connectivity index (χ1n) is 6.57. The Balaban J connectivity index is 2.29. The maximum Gasteiger partial charge on any atom is 0.129 e. The Bertz CT molecular complexity index is 808. The van der Waals surface area contributed by atoms with Crippen LogP contribution in [0.5, 0.6) is 0 Å². The standard InChI is InChI=1S/C16H15BrN4/c1-10-7-11(9-19-8-10)15-14(16(18)21(2)20-15)12-5-3-4-6-13(12)17/h3-9H,18H2,1-2H3. The molecule has 2 heterocycles. The van der Waals surface area contributed by atoms with Gasteiger partial charge in [0.1, 0.15) is 11.5 Å². The van der Waals surface area contributed by atoms with Gasteiger partial charge in [0, 0.05) is 35.0 Å². The van der Waals surface area contributed by atoms with Crippen molar-refractivity contribution in [3.8, 4) is 22.4 Å². The van der Waals surface area contributed by atoms with E-state index in [-0.39, 0.29) is 0 Å². The summed E-state index contributed by atoms with van der Waals surface area (Å²) in [6.45, 7) is 2.01. The van der Waals surface area contributed by atoms with Gasteiger partial charge in [0.05, 0.1) is 5.56 Å². The van der Waals surface area contributed by atoms with E-state index in [0.717, 1.165) is 32.4 Å². The van der Waals surface area contributed by atoms with Crippen molar-refractivity contribution >= 4 is 21.7 Å². The summed E-state index contributed by atoms with van der Waals surface area (Å²) >= 11 is 3.59. The molecule has 0 aliphatic carbocycles. The van der Waals surface area contributed by atoms with Gasteiger partial charge in [-0.05, 0) is 24.6 Å². The van der Waals surface area contributed by atoms with Crippen molar-refractivity contribution in [2.75, 3.05) is 5.73 Å². The molecule has 0 aliphatic rings. The van der Waals surface area contributed by atoms with Crippen LogP contribution >= 0.6 is 15.9 Å². The lowest BCUT2D eigenvalue weighted by Crippen LogP contribution is -1.98. The second kappa shape index (κ2) is 5.33. The molecule has 0 spiro atoms. The fourth-order valence-electron chi connectivity index (χ4n) is 2.35. The molecule has 3 aromatic rings. The molecule has 4 nitrogen and oxygen atoms in total. The highest BCUT2D eigenvalue weighted by atomic mass is 79.9. The lowest BCUT2D eigenvalue weighted by atomic mass is 10.0. The van der Waals surface area contributed by atoms with E-state index < -0.39 is 0 Å². The van der Waals surface area contributed by atoms with Gasteiger partial charge in [-0.1, -0.05) is 34.1 Å². The number of nitrogen functional groups attached to an aromatic ring is 1. The van der Waals surface area contributed by atoms with Crippen molar-refractivity contribution in [1.29, 1.82) is 0 Å². The Kier molecular flexibility index (Phi) is 3.51.